The quantitative estimate of drug-likeness (QED) is 0.203. The third-order valence-electron chi connectivity index (χ3n) is 11.4. The van der Waals surface area contributed by atoms with Gasteiger partial charge in [-0.3, -0.25) is 9.59 Å². The zero-order valence-electron chi connectivity index (χ0n) is 29.7. The van der Waals surface area contributed by atoms with E-state index >= 15 is 4.79 Å². The first-order chi connectivity index (χ1) is 21.8. The zero-order chi connectivity index (χ0) is 34.9. The Bertz CT molecular complexity index is 1440. The average molecular weight is 673 g/mol. The molecule has 5 rings (SSSR count). The number of carbonyl (C=O) groups is 3. The van der Waals surface area contributed by atoms with Crippen molar-refractivity contribution in [3.05, 3.63) is 47.0 Å². The van der Waals surface area contributed by atoms with Crippen LogP contribution in [0, 0.1) is 22.7 Å². The summed E-state index contributed by atoms with van der Waals surface area (Å²) in [5.41, 5.74) is -3.64. The van der Waals surface area contributed by atoms with Crippen LogP contribution >= 0.6 is 11.8 Å². The molecule has 7 unspecified atom stereocenters. The second-order valence-electron chi connectivity index (χ2n) is 15.4. The Hall–Kier alpha value is -2.24. The number of hydrogen-bond acceptors (Lipinski definition) is 10. The molecule has 0 amide bonds. The number of hydrogen-bond donors (Lipinski definition) is 1. The predicted molar refractivity (Wildman–Crippen MR) is 179 cm³/mol. The van der Waals surface area contributed by atoms with E-state index < -0.39 is 75.2 Å². The summed E-state index contributed by atoms with van der Waals surface area (Å²) in [7, 11) is 1.58. The fourth-order valence-corrected chi connectivity index (χ4v) is 10.8. The van der Waals surface area contributed by atoms with E-state index in [0.717, 1.165) is 11.1 Å². The molecule has 1 aliphatic heterocycles. The molecular formula is C37H52O9S. The van der Waals surface area contributed by atoms with Crippen LogP contribution in [0.5, 0.6) is 0 Å². The lowest BCUT2D eigenvalue weighted by atomic mass is 9.43. The Balaban J connectivity index is 1.83. The molecule has 9 atom stereocenters. The van der Waals surface area contributed by atoms with Crippen molar-refractivity contribution in [3.63, 3.8) is 0 Å². The maximum absolute atomic E-state index is 15.4. The Morgan fingerprint density at radius 3 is 2.30 bits per heavy atom. The molecule has 9 nitrogen and oxygen atoms in total. The minimum atomic E-state index is -1.76. The second kappa shape index (κ2) is 12.3. The van der Waals surface area contributed by atoms with E-state index in [1.807, 2.05) is 48.5 Å². The third-order valence-corrected chi connectivity index (χ3v) is 12.6. The van der Waals surface area contributed by atoms with E-state index in [4.69, 9.17) is 23.7 Å². The van der Waals surface area contributed by atoms with Gasteiger partial charge in [0.2, 0.25) is 0 Å². The molecule has 0 radical (unpaired) electrons. The first-order valence-corrected chi connectivity index (χ1v) is 17.6. The third kappa shape index (κ3) is 5.60. The van der Waals surface area contributed by atoms with E-state index in [-0.39, 0.29) is 30.5 Å². The summed E-state index contributed by atoms with van der Waals surface area (Å²) in [5.74, 6) is -3.02. The van der Waals surface area contributed by atoms with Crippen molar-refractivity contribution in [2.24, 2.45) is 22.7 Å². The molecule has 2 saturated carbocycles. The van der Waals surface area contributed by atoms with Crippen LogP contribution in [0.4, 0.5) is 0 Å². The van der Waals surface area contributed by atoms with Gasteiger partial charge in [-0.25, -0.2) is 4.79 Å². The number of carbonyl (C=O) groups excluding carboxylic acids is 3. The van der Waals surface area contributed by atoms with Crippen LogP contribution in [0.25, 0.3) is 0 Å². The summed E-state index contributed by atoms with van der Waals surface area (Å²) in [6.45, 7) is 18.9. The van der Waals surface area contributed by atoms with Gasteiger partial charge < -0.3 is 28.8 Å². The van der Waals surface area contributed by atoms with Crippen molar-refractivity contribution in [2.75, 3.05) is 13.7 Å². The molecule has 47 heavy (non-hydrogen) atoms. The minimum Gasteiger partial charge on any atom is -0.455 e. The predicted octanol–water partition coefficient (Wildman–Crippen LogP) is 5.91. The number of rotatable bonds is 8. The van der Waals surface area contributed by atoms with Crippen molar-refractivity contribution in [3.8, 4) is 0 Å². The molecule has 1 N–H and O–H groups in total. The lowest BCUT2D eigenvalue weighted by Gasteiger charge is -2.68. The maximum atomic E-state index is 15.4. The molecule has 3 aliphatic carbocycles. The van der Waals surface area contributed by atoms with Gasteiger partial charge in [-0.2, -0.15) is 0 Å². The fourth-order valence-electron chi connectivity index (χ4n) is 9.49. The molecule has 0 aromatic heterocycles. The van der Waals surface area contributed by atoms with Gasteiger partial charge in [-0.1, -0.05) is 52.8 Å². The van der Waals surface area contributed by atoms with Crippen molar-refractivity contribution >= 4 is 29.5 Å². The van der Waals surface area contributed by atoms with E-state index in [0.29, 0.717) is 5.56 Å². The molecule has 1 aromatic rings. The fraction of sp³-hybridized carbons (Fsp3) is 0.703. The first kappa shape index (κ1) is 36.1. The smallest absolute Gasteiger partial charge is 0.338 e. The van der Waals surface area contributed by atoms with Gasteiger partial charge in [0.15, 0.2) is 5.60 Å². The lowest BCUT2D eigenvalue weighted by Crippen LogP contribution is -2.81. The highest BCUT2D eigenvalue weighted by Gasteiger charge is 2.78. The van der Waals surface area contributed by atoms with Gasteiger partial charge in [0.1, 0.15) is 28.5 Å². The summed E-state index contributed by atoms with van der Waals surface area (Å²) in [6.07, 6.45) is -2.88. The van der Waals surface area contributed by atoms with Crippen LogP contribution in [0.2, 0.25) is 0 Å². The highest BCUT2D eigenvalue weighted by Crippen LogP contribution is 2.65. The normalized spacial score (nSPS) is 38.0. The number of ether oxygens (including phenoxy) is 5. The van der Waals surface area contributed by atoms with E-state index in [1.165, 1.54) is 6.92 Å². The number of aliphatic hydroxyl groups is 1. The lowest BCUT2D eigenvalue weighted by molar-refractivity contribution is -0.350. The molecule has 0 spiro atoms. The summed E-state index contributed by atoms with van der Waals surface area (Å²) in [6, 6.07) is 8.58. The molecular weight excluding hydrogens is 620 g/mol. The zero-order valence-corrected chi connectivity index (χ0v) is 30.5. The molecule has 2 bridgehead atoms. The molecule has 260 valence electrons. The number of ketones is 1. The van der Waals surface area contributed by atoms with E-state index in [9.17, 15) is 14.7 Å². The SMILES string of the molecule is COC1CC2(O)C(OC(=O)c3ccccc3)C3C4(OC(C)=O)COC4CC(OC(C)(C)SC(C)C)[C@@]3(C)C(=O)[C@H](C)C(=C1C)C2(C)C. The Kier molecular flexibility index (Phi) is 9.41. The van der Waals surface area contributed by atoms with E-state index in [1.54, 1.807) is 49.2 Å². The van der Waals surface area contributed by atoms with Gasteiger partial charge in [0.05, 0.1) is 35.7 Å². The van der Waals surface area contributed by atoms with Crippen LogP contribution in [0.1, 0.15) is 92.4 Å². The largest absolute Gasteiger partial charge is 0.455 e. The van der Waals surface area contributed by atoms with Gasteiger partial charge in [-0.05, 0) is 51.0 Å². The second-order valence-corrected chi connectivity index (χ2v) is 17.5. The first-order valence-electron chi connectivity index (χ1n) is 16.7. The van der Waals surface area contributed by atoms with Gasteiger partial charge in [0.25, 0.3) is 0 Å². The van der Waals surface area contributed by atoms with Crippen LogP contribution in [0.15, 0.2) is 41.5 Å². The van der Waals surface area contributed by atoms with Gasteiger partial charge in [-0.15, -0.1) is 11.8 Å². The van der Waals surface area contributed by atoms with Crippen LogP contribution < -0.4 is 0 Å². The minimum absolute atomic E-state index is 0.0126. The van der Waals surface area contributed by atoms with Crippen molar-refractivity contribution in [1.82, 2.24) is 0 Å². The van der Waals surface area contributed by atoms with Crippen molar-refractivity contribution in [1.29, 1.82) is 0 Å². The summed E-state index contributed by atoms with van der Waals surface area (Å²) in [5, 5.41) is 13.6. The number of benzene rings is 1. The van der Waals surface area contributed by atoms with Gasteiger partial charge >= 0.3 is 11.9 Å². The number of esters is 2. The molecule has 1 saturated heterocycles. The Labute approximate surface area is 283 Å². The molecule has 4 aliphatic rings. The van der Waals surface area contributed by atoms with Crippen LogP contribution in [-0.2, 0) is 33.3 Å². The highest BCUT2D eigenvalue weighted by molar-refractivity contribution is 8.01. The maximum Gasteiger partial charge on any atom is 0.338 e. The van der Waals surface area contributed by atoms with E-state index in [2.05, 4.69) is 13.8 Å². The molecule has 1 heterocycles. The summed E-state index contributed by atoms with van der Waals surface area (Å²) >= 11 is 1.64. The van der Waals surface area contributed by atoms with Crippen molar-refractivity contribution < 1.29 is 43.2 Å². The van der Waals surface area contributed by atoms with Gasteiger partial charge in [0, 0.05) is 43.5 Å². The molecule has 10 heteroatoms. The summed E-state index contributed by atoms with van der Waals surface area (Å²) < 4.78 is 31.9. The molecule has 3 fully saturated rings. The topological polar surface area (TPSA) is 118 Å². The Morgan fingerprint density at radius 1 is 1.13 bits per heavy atom. The highest BCUT2D eigenvalue weighted by atomic mass is 32.2. The molecule has 1 aromatic carbocycles. The number of methoxy groups -OCH3 is 1. The van der Waals surface area contributed by atoms with Crippen LogP contribution in [-0.4, -0.2) is 82.3 Å². The van der Waals surface area contributed by atoms with Crippen LogP contribution in [0.3, 0.4) is 0 Å². The number of fused-ring (bicyclic) bond motifs is 5. The number of Topliss-reactive ketones (excluding diaryl/α,β-unsaturated/α-hetero) is 1. The Morgan fingerprint density at radius 2 is 1.77 bits per heavy atom. The average Bonchev–Trinajstić information content (AvgIpc) is 2.97. The number of thioether (sulfide) groups is 1. The monoisotopic (exact) mass is 672 g/mol. The standard InChI is InChI=1S/C37H52O9S/c1-20(2)47-34(8,9)46-26-17-27-36(19-43-27,45-23(5)38)29-31(44-32(40)24-15-13-12-14-16-24)37(41)18-25(42-11)21(3)28(33(37,6)7)22(4)30(39)35(26,29)10/h12-16,20,22,25-27,29,31,41H,17-19H2,1-11H3/t22-,25?,26?,27?,29?,31?,35-,36?,37?/m1/s1. The van der Waals surface area contributed by atoms with Crippen molar-refractivity contribution in [2.45, 2.75) is 128 Å². The summed E-state index contributed by atoms with van der Waals surface area (Å²) in [4.78, 5) is 41.8.